The minimum atomic E-state index is -1.03. The number of halogens is 2. The number of carbonyl (C=O) groups excluding carboxylic acids is 1. The van der Waals surface area contributed by atoms with Crippen molar-refractivity contribution in [3.63, 3.8) is 0 Å². The lowest BCUT2D eigenvalue weighted by atomic mass is 10.2. The van der Waals surface area contributed by atoms with Gasteiger partial charge in [-0.15, -0.1) is 5.10 Å². The average molecular weight is 295 g/mol. The maximum atomic E-state index is 13.1. The minimum absolute atomic E-state index is 0.158. The number of rotatable bonds is 5. The van der Waals surface area contributed by atoms with Gasteiger partial charge in [-0.25, -0.2) is 8.78 Å². The zero-order chi connectivity index (χ0) is 15.4. The van der Waals surface area contributed by atoms with E-state index < -0.39 is 17.5 Å². The number of hydrogen-bond donors (Lipinski definition) is 1. The Balaban J connectivity index is 2.22. The van der Waals surface area contributed by atoms with E-state index in [9.17, 15) is 13.6 Å². The number of aromatic nitrogens is 2. The van der Waals surface area contributed by atoms with Gasteiger partial charge in [0.1, 0.15) is 5.56 Å². The van der Waals surface area contributed by atoms with Crippen LogP contribution in [0.4, 0.5) is 14.5 Å². The predicted molar refractivity (Wildman–Crippen MR) is 73.4 cm³/mol. The number of aryl methyl sites for hydroxylation is 1. The van der Waals surface area contributed by atoms with E-state index >= 15 is 0 Å². The lowest BCUT2D eigenvalue weighted by Crippen LogP contribution is -2.13. The van der Waals surface area contributed by atoms with Gasteiger partial charge in [-0.05, 0) is 26.0 Å². The topological polar surface area (TPSA) is 56.2 Å². The molecule has 5 nitrogen and oxygen atoms in total. The summed E-state index contributed by atoms with van der Waals surface area (Å²) in [6, 6.07) is 3.14. The van der Waals surface area contributed by atoms with E-state index in [2.05, 4.69) is 10.4 Å². The fourth-order valence-electron chi connectivity index (χ4n) is 1.74. The number of hydrogen-bond acceptors (Lipinski definition) is 3. The van der Waals surface area contributed by atoms with Crippen LogP contribution in [0.15, 0.2) is 24.4 Å². The maximum absolute atomic E-state index is 13.1. The van der Waals surface area contributed by atoms with E-state index in [1.54, 1.807) is 17.8 Å². The molecular weight excluding hydrogens is 280 g/mol. The Morgan fingerprint density at radius 2 is 2.10 bits per heavy atom. The van der Waals surface area contributed by atoms with Crippen LogP contribution < -0.4 is 10.1 Å². The van der Waals surface area contributed by atoms with Crippen LogP contribution in [-0.2, 0) is 6.54 Å². The molecule has 0 bridgehead atoms. The fraction of sp³-hybridized carbons (Fsp3) is 0.286. The normalized spacial score (nSPS) is 10.5. The second kappa shape index (κ2) is 6.34. The molecule has 0 fully saturated rings. The lowest BCUT2D eigenvalue weighted by molar-refractivity contribution is 0.102. The number of carbonyl (C=O) groups is 1. The van der Waals surface area contributed by atoms with Crippen molar-refractivity contribution >= 4 is 11.6 Å². The Morgan fingerprint density at radius 3 is 2.71 bits per heavy atom. The first-order valence-corrected chi connectivity index (χ1v) is 6.51. The standard InChI is InChI=1S/C14H15F2N3O2/c1-3-19-8-10(14(18-19)21-4-2)13(20)17-9-5-6-11(15)12(16)7-9/h5-8H,3-4H2,1-2H3,(H,17,20). The quantitative estimate of drug-likeness (QED) is 0.922. The highest BCUT2D eigenvalue weighted by Crippen LogP contribution is 2.19. The highest BCUT2D eigenvalue weighted by Gasteiger charge is 2.18. The number of anilines is 1. The molecular formula is C14H15F2N3O2. The number of benzene rings is 1. The van der Waals surface area contributed by atoms with E-state index in [0.29, 0.717) is 13.2 Å². The van der Waals surface area contributed by atoms with Crippen molar-refractivity contribution in [2.75, 3.05) is 11.9 Å². The first-order chi connectivity index (χ1) is 10.0. The SMILES string of the molecule is CCOc1nn(CC)cc1C(=O)Nc1ccc(F)c(F)c1. The van der Waals surface area contributed by atoms with Crippen molar-refractivity contribution in [2.24, 2.45) is 0 Å². The fourth-order valence-corrected chi connectivity index (χ4v) is 1.74. The molecule has 0 aliphatic heterocycles. The summed E-state index contributed by atoms with van der Waals surface area (Å²) in [6.45, 7) is 4.60. The van der Waals surface area contributed by atoms with Gasteiger partial charge in [0.2, 0.25) is 5.88 Å². The molecule has 1 aromatic heterocycles. The molecule has 0 aliphatic rings. The third kappa shape index (κ3) is 3.36. The van der Waals surface area contributed by atoms with E-state index in [4.69, 9.17) is 4.74 Å². The maximum Gasteiger partial charge on any atom is 0.262 e. The van der Waals surface area contributed by atoms with Crippen molar-refractivity contribution in [3.05, 3.63) is 41.6 Å². The summed E-state index contributed by atoms with van der Waals surface area (Å²) in [4.78, 5) is 12.2. The summed E-state index contributed by atoms with van der Waals surface area (Å²) in [6.07, 6.45) is 1.54. The van der Waals surface area contributed by atoms with E-state index in [1.807, 2.05) is 6.92 Å². The molecule has 0 radical (unpaired) electrons. The van der Waals surface area contributed by atoms with Crippen molar-refractivity contribution in [3.8, 4) is 5.88 Å². The van der Waals surface area contributed by atoms with Gasteiger partial charge in [0.25, 0.3) is 5.91 Å². The van der Waals surface area contributed by atoms with Crippen molar-refractivity contribution in [1.29, 1.82) is 0 Å². The molecule has 21 heavy (non-hydrogen) atoms. The van der Waals surface area contributed by atoms with E-state index in [-0.39, 0.29) is 17.1 Å². The Labute approximate surface area is 120 Å². The number of ether oxygens (including phenoxy) is 1. The van der Waals surface area contributed by atoms with Gasteiger partial charge in [0.05, 0.1) is 6.61 Å². The van der Waals surface area contributed by atoms with Crippen LogP contribution in [0.1, 0.15) is 24.2 Å². The van der Waals surface area contributed by atoms with Crippen LogP contribution in [0.3, 0.4) is 0 Å². The zero-order valence-electron chi connectivity index (χ0n) is 11.7. The molecule has 0 unspecified atom stereocenters. The van der Waals surface area contributed by atoms with Gasteiger partial charge in [0, 0.05) is 24.5 Å². The third-order valence-corrected chi connectivity index (χ3v) is 2.75. The van der Waals surface area contributed by atoms with Crippen LogP contribution in [0.5, 0.6) is 5.88 Å². The van der Waals surface area contributed by atoms with Gasteiger partial charge in [-0.2, -0.15) is 0 Å². The molecule has 0 saturated heterocycles. The van der Waals surface area contributed by atoms with Crippen LogP contribution in [0.25, 0.3) is 0 Å². The summed E-state index contributed by atoms with van der Waals surface area (Å²) in [5.41, 5.74) is 0.397. The Bertz CT molecular complexity index is 656. The van der Waals surface area contributed by atoms with Gasteiger partial charge in [-0.3, -0.25) is 9.48 Å². The molecule has 0 atom stereocenters. The van der Waals surface area contributed by atoms with Crippen molar-refractivity contribution < 1.29 is 18.3 Å². The molecule has 112 valence electrons. The summed E-state index contributed by atoms with van der Waals surface area (Å²) in [7, 11) is 0. The second-order valence-corrected chi connectivity index (χ2v) is 4.22. The van der Waals surface area contributed by atoms with Crippen molar-refractivity contribution in [1.82, 2.24) is 9.78 Å². The molecule has 0 saturated carbocycles. The van der Waals surface area contributed by atoms with Gasteiger partial charge in [0.15, 0.2) is 11.6 Å². The van der Waals surface area contributed by atoms with Crippen LogP contribution >= 0.6 is 0 Å². The highest BCUT2D eigenvalue weighted by atomic mass is 19.2. The second-order valence-electron chi connectivity index (χ2n) is 4.22. The number of nitrogens with one attached hydrogen (secondary N) is 1. The molecule has 2 rings (SSSR count). The van der Waals surface area contributed by atoms with E-state index in [1.165, 1.54) is 6.07 Å². The number of nitrogens with zero attached hydrogens (tertiary/aromatic N) is 2. The molecule has 1 aromatic carbocycles. The van der Waals surface area contributed by atoms with Gasteiger partial charge in [-0.1, -0.05) is 0 Å². The van der Waals surface area contributed by atoms with Gasteiger partial charge < -0.3 is 10.1 Å². The average Bonchev–Trinajstić information content (AvgIpc) is 2.87. The number of amides is 1. The highest BCUT2D eigenvalue weighted by molar-refractivity contribution is 6.05. The Morgan fingerprint density at radius 1 is 1.33 bits per heavy atom. The summed E-state index contributed by atoms with van der Waals surface area (Å²) in [5.74, 6) is -2.28. The summed E-state index contributed by atoms with van der Waals surface area (Å²) < 4.78 is 32.8. The Kier molecular flexibility index (Phi) is 4.52. The van der Waals surface area contributed by atoms with Crippen LogP contribution in [0.2, 0.25) is 0 Å². The monoisotopic (exact) mass is 295 g/mol. The van der Waals surface area contributed by atoms with Crippen molar-refractivity contribution in [2.45, 2.75) is 20.4 Å². The predicted octanol–water partition coefficient (Wildman–Crippen LogP) is 2.83. The molecule has 2 aromatic rings. The molecule has 7 heteroatoms. The van der Waals surface area contributed by atoms with Crippen LogP contribution in [0, 0.1) is 11.6 Å². The molecule has 1 amide bonds. The Hall–Kier alpha value is -2.44. The first kappa shape index (κ1) is 15.0. The minimum Gasteiger partial charge on any atom is -0.476 e. The van der Waals surface area contributed by atoms with Crippen LogP contribution in [-0.4, -0.2) is 22.3 Å². The van der Waals surface area contributed by atoms with Gasteiger partial charge >= 0.3 is 0 Å². The summed E-state index contributed by atoms with van der Waals surface area (Å²) >= 11 is 0. The molecule has 1 N–H and O–H groups in total. The zero-order valence-corrected chi connectivity index (χ0v) is 11.7. The summed E-state index contributed by atoms with van der Waals surface area (Å²) in [5, 5.41) is 6.60. The molecule has 0 spiro atoms. The van der Waals surface area contributed by atoms with E-state index in [0.717, 1.165) is 12.1 Å². The smallest absolute Gasteiger partial charge is 0.262 e. The lowest BCUT2D eigenvalue weighted by Gasteiger charge is -2.05. The first-order valence-electron chi connectivity index (χ1n) is 6.51. The third-order valence-electron chi connectivity index (χ3n) is 2.75. The largest absolute Gasteiger partial charge is 0.476 e. The molecule has 1 heterocycles. The molecule has 0 aliphatic carbocycles.